The van der Waals surface area contributed by atoms with Crippen molar-refractivity contribution >= 4 is 5.91 Å². The summed E-state index contributed by atoms with van der Waals surface area (Å²) in [4.78, 5) is 15.0. The van der Waals surface area contributed by atoms with Crippen LogP contribution >= 0.6 is 0 Å². The second kappa shape index (κ2) is 8.20. The van der Waals surface area contributed by atoms with E-state index < -0.39 is 0 Å². The van der Waals surface area contributed by atoms with E-state index in [0.29, 0.717) is 17.4 Å². The molecule has 6 nitrogen and oxygen atoms in total. The molecule has 0 aliphatic carbocycles. The number of morpholine rings is 1. The third-order valence-corrected chi connectivity index (χ3v) is 5.34. The normalized spacial score (nSPS) is 24.4. The van der Waals surface area contributed by atoms with Gasteiger partial charge < -0.3 is 19.5 Å². The lowest BCUT2D eigenvalue weighted by atomic mass is 10.1. The number of carbonyl (C=O) groups excluding carboxylic acids is 1. The van der Waals surface area contributed by atoms with Crippen LogP contribution in [-0.4, -0.2) is 55.8 Å². The first-order valence-corrected chi connectivity index (χ1v) is 9.69. The average molecular weight is 382 g/mol. The second-order valence-electron chi connectivity index (χ2n) is 7.46. The summed E-state index contributed by atoms with van der Waals surface area (Å²) in [6, 6.07) is 15.2. The maximum Gasteiger partial charge on any atom is 0.251 e. The van der Waals surface area contributed by atoms with E-state index in [-0.39, 0.29) is 18.1 Å². The molecule has 4 rings (SSSR count). The molecule has 2 aromatic rings. The highest BCUT2D eigenvalue weighted by Gasteiger charge is 2.36. The number of methoxy groups -OCH3 is 1. The fraction of sp³-hybridized carbons (Fsp3) is 0.409. The number of benzene rings is 2. The summed E-state index contributed by atoms with van der Waals surface area (Å²) in [7, 11) is 1.63. The Morgan fingerprint density at radius 2 is 1.68 bits per heavy atom. The van der Waals surface area contributed by atoms with E-state index in [1.807, 2.05) is 36.4 Å². The minimum Gasteiger partial charge on any atom is -0.497 e. The van der Waals surface area contributed by atoms with Crippen LogP contribution in [0.25, 0.3) is 0 Å². The number of hydrogen-bond acceptors (Lipinski definition) is 5. The van der Waals surface area contributed by atoms with Crippen molar-refractivity contribution in [1.29, 1.82) is 0 Å². The van der Waals surface area contributed by atoms with Crippen molar-refractivity contribution in [3.63, 3.8) is 0 Å². The van der Waals surface area contributed by atoms with E-state index >= 15 is 0 Å². The molecule has 2 aliphatic heterocycles. The van der Waals surface area contributed by atoms with Gasteiger partial charge in [-0.1, -0.05) is 0 Å². The molecule has 2 aliphatic rings. The van der Waals surface area contributed by atoms with E-state index in [1.165, 1.54) is 0 Å². The van der Waals surface area contributed by atoms with Gasteiger partial charge in [-0.25, -0.2) is 0 Å². The van der Waals surface area contributed by atoms with Crippen LogP contribution in [0.3, 0.4) is 0 Å². The van der Waals surface area contributed by atoms with Crippen LogP contribution in [0, 0.1) is 0 Å². The highest BCUT2D eigenvalue weighted by molar-refractivity contribution is 5.94. The number of carbonyl (C=O) groups is 1. The Kier molecular flexibility index (Phi) is 5.50. The molecule has 2 heterocycles. The third-order valence-electron chi connectivity index (χ3n) is 5.34. The van der Waals surface area contributed by atoms with Crippen molar-refractivity contribution in [3.8, 4) is 17.2 Å². The maximum absolute atomic E-state index is 12.6. The van der Waals surface area contributed by atoms with Gasteiger partial charge in [0.1, 0.15) is 17.2 Å². The van der Waals surface area contributed by atoms with Crippen molar-refractivity contribution < 1.29 is 19.0 Å². The van der Waals surface area contributed by atoms with Gasteiger partial charge in [0.05, 0.1) is 19.8 Å². The molecule has 2 aromatic carbocycles. The lowest BCUT2D eigenvalue weighted by Crippen LogP contribution is -2.45. The number of nitrogens with zero attached hydrogens (tertiary/aromatic N) is 1. The molecule has 2 fully saturated rings. The maximum atomic E-state index is 12.6. The molecule has 0 bridgehead atoms. The van der Waals surface area contributed by atoms with Crippen molar-refractivity contribution in [1.82, 2.24) is 10.2 Å². The molecule has 0 radical (unpaired) electrons. The van der Waals surface area contributed by atoms with Crippen molar-refractivity contribution in [2.45, 2.75) is 31.5 Å². The predicted octanol–water partition coefficient (Wildman–Crippen LogP) is 3.08. The summed E-state index contributed by atoms with van der Waals surface area (Å²) in [5.41, 5.74) is 0.636. The first-order valence-electron chi connectivity index (χ1n) is 9.69. The molecule has 148 valence electrons. The fourth-order valence-corrected chi connectivity index (χ4v) is 3.87. The van der Waals surface area contributed by atoms with Gasteiger partial charge in [-0.15, -0.1) is 0 Å². The van der Waals surface area contributed by atoms with Crippen LogP contribution in [0.15, 0.2) is 48.5 Å². The molecule has 3 atom stereocenters. The van der Waals surface area contributed by atoms with Crippen molar-refractivity contribution in [2.75, 3.05) is 26.8 Å². The quantitative estimate of drug-likeness (QED) is 0.861. The van der Waals surface area contributed by atoms with Gasteiger partial charge in [0.25, 0.3) is 5.91 Å². The number of hydrogen-bond donors (Lipinski definition) is 1. The van der Waals surface area contributed by atoms with E-state index in [0.717, 1.165) is 37.6 Å². The summed E-state index contributed by atoms with van der Waals surface area (Å²) < 4.78 is 16.7. The second-order valence-corrected chi connectivity index (χ2v) is 7.46. The minimum atomic E-state index is -0.0465. The fourth-order valence-electron chi connectivity index (χ4n) is 3.87. The summed E-state index contributed by atoms with van der Waals surface area (Å²) in [5, 5.41) is 3.16. The molecule has 1 N–H and O–H groups in total. The zero-order valence-corrected chi connectivity index (χ0v) is 16.3. The molecule has 0 unspecified atom stereocenters. The molecule has 2 saturated heterocycles. The van der Waals surface area contributed by atoms with Gasteiger partial charge >= 0.3 is 0 Å². The number of amides is 1. The van der Waals surface area contributed by atoms with Gasteiger partial charge in [-0.2, -0.15) is 0 Å². The topological polar surface area (TPSA) is 60.0 Å². The Bertz CT molecular complexity index is 806. The number of fused-ring (bicyclic) bond motifs is 1. The molecular weight excluding hydrogens is 356 g/mol. The van der Waals surface area contributed by atoms with Gasteiger partial charge in [0.2, 0.25) is 0 Å². The molecule has 0 aromatic heterocycles. The lowest BCUT2D eigenvalue weighted by Gasteiger charge is -2.33. The van der Waals surface area contributed by atoms with Crippen LogP contribution in [0.4, 0.5) is 0 Å². The number of rotatable bonds is 5. The lowest BCUT2D eigenvalue weighted by molar-refractivity contribution is -0.0390. The Morgan fingerprint density at radius 3 is 2.36 bits per heavy atom. The van der Waals surface area contributed by atoms with Crippen LogP contribution < -0.4 is 14.8 Å². The van der Waals surface area contributed by atoms with Crippen molar-refractivity contribution in [3.05, 3.63) is 54.1 Å². The van der Waals surface area contributed by atoms with Crippen LogP contribution in [0.2, 0.25) is 0 Å². The summed E-state index contributed by atoms with van der Waals surface area (Å²) in [6.07, 6.45) is 1.21. The van der Waals surface area contributed by atoms with E-state index in [2.05, 4.69) is 17.1 Å². The summed E-state index contributed by atoms with van der Waals surface area (Å²) >= 11 is 0. The monoisotopic (exact) mass is 382 g/mol. The smallest absolute Gasteiger partial charge is 0.251 e. The molecule has 6 heteroatoms. The minimum absolute atomic E-state index is 0.0465. The average Bonchev–Trinajstić information content (AvgIpc) is 3.10. The first-order chi connectivity index (χ1) is 13.6. The van der Waals surface area contributed by atoms with Crippen molar-refractivity contribution in [2.24, 2.45) is 0 Å². The van der Waals surface area contributed by atoms with Gasteiger partial charge in [0.15, 0.2) is 0 Å². The standard InChI is InChI=1S/C22H26N2O4/c1-15-12-24-13-17(11-18(24)14-27-15)23-22(25)16-3-5-20(6-4-16)28-21-9-7-19(26-2)8-10-21/h3-10,15,17-18H,11-14H2,1-2H3,(H,23,25)/t15-,17+,18-/m0/s1. The highest BCUT2D eigenvalue weighted by Crippen LogP contribution is 2.25. The zero-order chi connectivity index (χ0) is 19.5. The first kappa shape index (κ1) is 18.8. The number of nitrogens with one attached hydrogen (secondary N) is 1. The van der Waals surface area contributed by atoms with Crippen LogP contribution in [-0.2, 0) is 4.74 Å². The summed E-state index contributed by atoms with van der Waals surface area (Å²) in [6.45, 7) is 4.68. The Hall–Kier alpha value is -2.57. The molecule has 1 amide bonds. The largest absolute Gasteiger partial charge is 0.497 e. The highest BCUT2D eigenvalue weighted by atomic mass is 16.5. The van der Waals surface area contributed by atoms with E-state index in [4.69, 9.17) is 14.2 Å². The Morgan fingerprint density at radius 1 is 1.04 bits per heavy atom. The predicted molar refractivity (Wildman–Crippen MR) is 106 cm³/mol. The number of ether oxygens (including phenoxy) is 3. The molecule has 0 spiro atoms. The Labute approximate surface area is 165 Å². The zero-order valence-electron chi connectivity index (χ0n) is 16.3. The van der Waals surface area contributed by atoms with Gasteiger partial charge in [-0.3, -0.25) is 9.69 Å². The summed E-state index contributed by atoms with van der Waals surface area (Å²) in [5.74, 6) is 2.14. The van der Waals surface area contributed by atoms with E-state index in [9.17, 15) is 4.79 Å². The molecular formula is C22H26N2O4. The van der Waals surface area contributed by atoms with Gasteiger partial charge in [0, 0.05) is 30.7 Å². The van der Waals surface area contributed by atoms with Gasteiger partial charge in [-0.05, 0) is 61.9 Å². The SMILES string of the molecule is COc1ccc(Oc2ccc(C(=O)N[C@@H]3C[C@H]4CO[C@@H](C)CN4C3)cc2)cc1. The van der Waals surface area contributed by atoms with Crippen LogP contribution in [0.5, 0.6) is 17.2 Å². The van der Waals surface area contributed by atoms with E-state index in [1.54, 1.807) is 19.2 Å². The Balaban J connectivity index is 1.32. The third kappa shape index (κ3) is 4.29. The van der Waals surface area contributed by atoms with Crippen LogP contribution in [0.1, 0.15) is 23.7 Å². The molecule has 28 heavy (non-hydrogen) atoms. The molecule has 0 saturated carbocycles.